The molecule has 0 aromatic carbocycles. The maximum Gasteiger partial charge on any atom is 0.330 e. The highest BCUT2D eigenvalue weighted by Crippen LogP contribution is 2.32. The fourth-order valence-electron chi connectivity index (χ4n) is 2.16. The van der Waals surface area contributed by atoms with Crippen molar-refractivity contribution in [3.05, 3.63) is 44.2 Å². The van der Waals surface area contributed by atoms with Crippen LogP contribution < -0.4 is 11.2 Å². The lowest BCUT2D eigenvalue weighted by Crippen LogP contribution is -2.33. The Morgan fingerprint density at radius 3 is 3.00 bits per heavy atom. The number of H-pyrrole nitrogens is 1. The summed E-state index contributed by atoms with van der Waals surface area (Å²) in [7, 11) is 1.45. The molecule has 1 fully saturated rings. The van der Waals surface area contributed by atoms with Gasteiger partial charge in [0.05, 0.1) is 10.6 Å². The van der Waals surface area contributed by atoms with E-state index < -0.39 is 35.9 Å². The van der Waals surface area contributed by atoms with E-state index in [2.05, 4.69) is 27.5 Å². The molecule has 2 heterocycles. The molecule has 1 saturated heterocycles. The van der Waals surface area contributed by atoms with Gasteiger partial charge < -0.3 is 9.47 Å². The second-order valence-corrected chi connectivity index (χ2v) is 5.24. The normalized spacial score (nSPS) is 27.4. The predicted molar refractivity (Wildman–Crippen MR) is 73.4 cm³/mol. The number of nitrogens with zero attached hydrogens (tertiary/aromatic N) is 1. The maximum atomic E-state index is 13.7. The molecule has 0 amide bonds. The quantitative estimate of drug-likeness (QED) is 0.827. The molecule has 1 aromatic rings. The first-order valence-corrected chi connectivity index (χ1v) is 6.73. The van der Waals surface area contributed by atoms with E-state index in [0.717, 1.165) is 6.08 Å². The van der Waals surface area contributed by atoms with Gasteiger partial charge in [-0.1, -0.05) is 6.08 Å². The zero-order chi connectivity index (χ0) is 14.9. The molecule has 1 aromatic heterocycles. The highest BCUT2D eigenvalue weighted by Gasteiger charge is 2.40. The minimum atomic E-state index is -1.40. The zero-order valence-corrected chi connectivity index (χ0v) is 12.3. The molecular weight excluding hydrogens is 335 g/mol. The molecule has 0 saturated carbocycles. The molecule has 0 bridgehead atoms. The number of aromatic nitrogens is 2. The monoisotopic (exact) mass is 348 g/mol. The molecule has 4 atom stereocenters. The van der Waals surface area contributed by atoms with Gasteiger partial charge in [0.1, 0.15) is 18.5 Å². The molecule has 0 radical (unpaired) electrons. The molecule has 20 heavy (non-hydrogen) atoms. The standard InChI is InChI=1S/C12H14BrFN2O4/c1-3-7(14)10-8(19-2)4-9(20-10)16-5-6(13)11(17)15-12(16)18/h3,5,7-10H,1,4H2,2H3,(H,15,17,18)/t7?,8-,9+,10+/m0/s1. The van der Waals surface area contributed by atoms with Crippen molar-refractivity contribution in [2.75, 3.05) is 7.11 Å². The van der Waals surface area contributed by atoms with Gasteiger partial charge in [-0.2, -0.15) is 0 Å². The van der Waals surface area contributed by atoms with E-state index >= 15 is 0 Å². The number of alkyl halides is 1. The van der Waals surface area contributed by atoms with Crippen LogP contribution in [0.5, 0.6) is 0 Å². The van der Waals surface area contributed by atoms with Crippen molar-refractivity contribution >= 4 is 15.9 Å². The van der Waals surface area contributed by atoms with Gasteiger partial charge in [-0.3, -0.25) is 14.3 Å². The third-order valence-corrected chi connectivity index (χ3v) is 3.76. The lowest BCUT2D eigenvalue weighted by Gasteiger charge is -2.18. The largest absolute Gasteiger partial charge is 0.378 e. The molecule has 6 nitrogen and oxygen atoms in total. The smallest absolute Gasteiger partial charge is 0.330 e. The third kappa shape index (κ3) is 2.77. The second kappa shape index (κ2) is 6.02. The first kappa shape index (κ1) is 15.1. The highest BCUT2D eigenvalue weighted by molar-refractivity contribution is 9.10. The molecule has 0 aliphatic carbocycles. The molecule has 1 N–H and O–H groups in total. The van der Waals surface area contributed by atoms with Crippen molar-refractivity contribution in [2.45, 2.75) is 31.0 Å². The topological polar surface area (TPSA) is 73.3 Å². The van der Waals surface area contributed by atoms with Crippen LogP contribution in [-0.4, -0.2) is 35.0 Å². The van der Waals surface area contributed by atoms with Gasteiger partial charge in [-0.15, -0.1) is 6.58 Å². The summed E-state index contributed by atoms with van der Waals surface area (Å²) in [4.78, 5) is 25.2. The molecule has 1 aliphatic heterocycles. The number of nitrogens with one attached hydrogen (secondary N) is 1. The van der Waals surface area contributed by atoms with E-state index in [9.17, 15) is 14.0 Å². The van der Waals surface area contributed by atoms with E-state index in [4.69, 9.17) is 9.47 Å². The van der Waals surface area contributed by atoms with Crippen LogP contribution in [0, 0.1) is 0 Å². The minimum absolute atomic E-state index is 0.193. The lowest BCUT2D eigenvalue weighted by molar-refractivity contribution is -0.0556. The summed E-state index contributed by atoms with van der Waals surface area (Å²) >= 11 is 3.04. The first-order chi connectivity index (χ1) is 9.47. The van der Waals surface area contributed by atoms with E-state index in [-0.39, 0.29) is 4.47 Å². The van der Waals surface area contributed by atoms with Crippen LogP contribution in [0.1, 0.15) is 12.6 Å². The zero-order valence-electron chi connectivity index (χ0n) is 10.7. The van der Waals surface area contributed by atoms with Crippen molar-refractivity contribution in [3.8, 4) is 0 Å². The SMILES string of the molecule is C=CC(F)[C@H]1O[C@@H](n2cc(Br)c(=O)[nH]c2=O)C[C@@H]1OC. The third-order valence-electron chi connectivity index (χ3n) is 3.19. The average Bonchev–Trinajstić information content (AvgIpc) is 2.85. The average molecular weight is 349 g/mol. The van der Waals surface area contributed by atoms with Crippen molar-refractivity contribution < 1.29 is 13.9 Å². The summed E-state index contributed by atoms with van der Waals surface area (Å²) in [5, 5.41) is 0. The highest BCUT2D eigenvalue weighted by atomic mass is 79.9. The van der Waals surface area contributed by atoms with Gasteiger partial charge in [-0.25, -0.2) is 9.18 Å². The molecular formula is C12H14BrFN2O4. The number of hydrogen-bond donors (Lipinski definition) is 1. The Bertz CT molecular complexity index is 614. The minimum Gasteiger partial charge on any atom is -0.378 e. The van der Waals surface area contributed by atoms with Crippen LogP contribution in [0.4, 0.5) is 4.39 Å². The number of methoxy groups -OCH3 is 1. The van der Waals surface area contributed by atoms with E-state index in [1.54, 1.807) is 0 Å². The number of halogens is 2. The Kier molecular flexibility index (Phi) is 4.56. The predicted octanol–water partition coefficient (Wildman–Crippen LogP) is 1.13. The van der Waals surface area contributed by atoms with Crippen LogP contribution in [0.3, 0.4) is 0 Å². The van der Waals surface area contributed by atoms with Gasteiger partial charge in [-0.05, 0) is 15.9 Å². The Morgan fingerprint density at radius 2 is 2.40 bits per heavy atom. The molecule has 0 spiro atoms. The summed E-state index contributed by atoms with van der Waals surface area (Å²) in [6.07, 6.45) is -0.679. The van der Waals surface area contributed by atoms with Crippen LogP contribution in [0.2, 0.25) is 0 Å². The van der Waals surface area contributed by atoms with Crippen LogP contribution >= 0.6 is 15.9 Å². The van der Waals surface area contributed by atoms with Crippen molar-refractivity contribution in [1.29, 1.82) is 0 Å². The summed E-state index contributed by atoms with van der Waals surface area (Å²) in [5.41, 5.74) is -1.15. The van der Waals surface area contributed by atoms with Gasteiger partial charge in [0.15, 0.2) is 0 Å². The van der Waals surface area contributed by atoms with Gasteiger partial charge in [0.2, 0.25) is 0 Å². The molecule has 8 heteroatoms. The lowest BCUT2D eigenvalue weighted by atomic mass is 10.1. The van der Waals surface area contributed by atoms with E-state index in [1.807, 2.05) is 0 Å². The number of aromatic amines is 1. The second-order valence-electron chi connectivity index (χ2n) is 4.39. The van der Waals surface area contributed by atoms with Gasteiger partial charge in [0.25, 0.3) is 5.56 Å². The molecule has 1 unspecified atom stereocenters. The van der Waals surface area contributed by atoms with Crippen molar-refractivity contribution in [1.82, 2.24) is 9.55 Å². The molecule has 110 valence electrons. The summed E-state index contributed by atoms with van der Waals surface area (Å²) in [5.74, 6) is 0. The van der Waals surface area contributed by atoms with Crippen LogP contribution in [0.25, 0.3) is 0 Å². The van der Waals surface area contributed by atoms with Crippen LogP contribution in [0.15, 0.2) is 32.9 Å². The summed E-state index contributed by atoms with van der Waals surface area (Å²) in [6, 6.07) is 0. The number of ether oxygens (including phenoxy) is 2. The number of rotatable bonds is 4. The van der Waals surface area contributed by atoms with Crippen molar-refractivity contribution in [2.24, 2.45) is 0 Å². The molecule has 2 rings (SSSR count). The Hall–Kier alpha value is -1.25. The van der Waals surface area contributed by atoms with Crippen LogP contribution in [-0.2, 0) is 9.47 Å². The van der Waals surface area contributed by atoms with Gasteiger partial charge >= 0.3 is 5.69 Å². The number of hydrogen-bond acceptors (Lipinski definition) is 4. The van der Waals surface area contributed by atoms with E-state index in [0.29, 0.717) is 6.42 Å². The fourth-order valence-corrected chi connectivity index (χ4v) is 2.48. The first-order valence-electron chi connectivity index (χ1n) is 5.93. The maximum absolute atomic E-state index is 13.7. The summed E-state index contributed by atoms with van der Waals surface area (Å²) < 4.78 is 25.8. The van der Waals surface area contributed by atoms with E-state index in [1.165, 1.54) is 17.9 Å². The Morgan fingerprint density at radius 1 is 1.70 bits per heavy atom. The Labute approximate surface area is 122 Å². The summed E-state index contributed by atoms with van der Waals surface area (Å²) in [6.45, 7) is 3.38. The molecule has 1 aliphatic rings. The fraction of sp³-hybridized carbons (Fsp3) is 0.500. The van der Waals surface area contributed by atoms with Gasteiger partial charge in [0, 0.05) is 19.7 Å². The van der Waals surface area contributed by atoms with Crippen molar-refractivity contribution in [3.63, 3.8) is 0 Å². The Balaban J connectivity index is 2.32.